The Bertz CT molecular complexity index is 864. The number of likely N-dealkylation sites (tertiary alicyclic amines) is 1. The predicted octanol–water partition coefficient (Wildman–Crippen LogP) is 3.74. The minimum absolute atomic E-state index is 0.0811. The van der Waals surface area contributed by atoms with Crippen LogP contribution < -0.4 is 0 Å². The first-order chi connectivity index (χ1) is 13.1. The Morgan fingerprint density at radius 3 is 2.78 bits per heavy atom. The van der Waals surface area contributed by atoms with Crippen LogP contribution in [0.4, 0.5) is 0 Å². The summed E-state index contributed by atoms with van der Waals surface area (Å²) in [5.41, 5.74) is 1.98. The minimum Gasteiger partial charge on any atom is -0.452 e. The molecular weight excluding hydrogens is 340 g/mol. The second-order valence-electron chi connectivity index (χ2n) is 7.84. The molecule has 0 bridgehead atoms. The summed E-state index contributed by atoms with van der Waals surface area (Å²) in [5.74, 6) is 0.857. The van der Waals surface area contributed by atoms with Gasteiger partial charge in [-0.1, -0.05) is 37.5 Å². The molecule has 1 amide bonds. The van der Waals surface area contributed by atoms with Gasteiger partial charge in [-0.2, -0.15) is 0 Å². The van der Waals surface area contributed by atoms with Gasteiger partial charge in [-0.25, -0.2) is 4.79 Å². The number of fused-ring (bicyclic) bond motifs is 2. The normalized spacial score (nSPS) is 22.3. The summed E-state index contributed by atoms with van der Waals surface area (Å²) >= 11 is 0. The van der Waals surface area contributed by atoms with E-state index in [0.29, 0.717) is 11.5 Å². The van der Waals surface area contributed by atoms with Crippen molar-refractivity contribution in [2.24, 2.45) is 11.8 Å². The smallest absolute Gasteiger partial charge is 0.339 e. The van der Waals surface area contributed by atoms with Crippen LogP contribution in [-0.2, 0) is 9.53 Å². The van der Waals surface area contributed by atoms with Gasteiger partial charge < -0.3 is 9.64 Å². The van der Waals surface area contributed by atoms with Crippen molar-refractivity contribution in [2.75, 3.05) is 19.7 Å². The van der Waals surface area contributed by atoms with Gasteiger partial charge in [-0.05, 0) is 43.7 Å². The molecule has 27 heavy (non-hydrogen) atoms. The first-order valence-electron chi connectivity index (χ1n) is 9.93. The number of pyridine rings is 1. The number of ether oxygens (including phenoxy) is 1. The SMILES string of the molecule is Cc1cc(C(=O)OCC(=O)N2CC[C@H]3CCCC[C@@H]3C2)c2ccccc2n1. The molecule has 1 aliphatic heterocycles. The highest BCUT2D eigenvalue weighted by atomic mass is 16.5. The average Bonchev–Trinajstić information content (AvgIpc) is 2.70. The van der Waals surface area contributed by atoms with E-state index in [2.05, 4.69) is 4.98 Å². The molecule has 2 atom stereocenters. The van der Waals surface area contributed by atoms with E-state index < -0.39 is 5.97 Å². The fraction of sp³-hybridized carbons (Fsp3) is 0.500. The Balaban J connectivity index is 1.40. The molecule has 1 aromatic heterocycles. The van der Waals surface area contributed by atoms with Gasteiger partial charge in [-0.3, -0.25) is 9.78 Å². The third-order valence-electron chi connectivity index (χ3n) is 6.03. The number of hydrogen-bond donors (Lipinski definition) is 0. The summed E-state index contributed by atoms with van der Waals surface area (Å²) in [7, 11) is 0. The van der Waals surface area contributed by atoms with Crippen LogP contribution in [0, 0.1) is 18.8 Å². The number of aryl methyl sites for hydroxylation is 1. The van der Waals surface area contributed by atoms with Crippen molar-refractivity contribution < 1.29 is 14.3 Å². The lowest BCUT2D eigenvalue weighted by atomic mass is 9.75. The molecule has 1 saturated carbocycles. The van der Waals surface area contributed by atoms with Gasteiger partial charge in [0.15, 0.2) is 6.61 Å². The number of carbonyl (C=O) groups excluding carboxylic acids is 2. The summed E-state index contributed by atoms with van der Waals surface area (Å²) in [6.45, 7) is 3.27. The fourth-order valence-corrected chi connectivity index (χ4v) is 4.60. The average molecular weight is 366 g/mol. The molecule has 1 aromatic carbocycles. The Morgan fingerprint density at radius 2 is 1.93 bits per heavy atom. The van der Waals surface area contributed by atoms with Gasteiger partial charge >= 0.3 is 5.97 Å². The number of amides is 1. The van der Waals surface area contributed by atoms with Crippen molar-refractivity contribution in [3.63, 3.8) is 0 Å². The summed E-state index contributed by atoms with van der Waals surface area (Å²) in [6, 6.07) is 9.22. The number of hydrogen-bond acceptors (Lipinski definition) is 4. The highest BCUT2D eigenvalue weighted by Gasteiger charge is 2.33. The number of carbonyl (C=O) groups is 2. The molecule has 0 radical (unpaired) electrons. The molecule has 2 aliphatic rings. The third-order valence-corrected chi connectivity index (χ3v) is 6.03. The zero-order valence-electron chi connectivity index (χ0n) is 15.8. The second kappa shape index (κ2) is 7.67. The number of aromatic nitrogens is 1. The molecule has 4 rings (SSSR count). The van der Waals surface area contributed by atoms with Crippen LogP contribution in [0.25, 0.3) is 10.9 Å². The topological polar surface area (TPSA) is 59.5 Å². The lowest BCUT2D eigenvalue weighted by Gasteiger charge is -2.41. The number of piperidine rings is 1. The number of esters is 1. The maximum Gasteiger partial charge on any atom is 0.339 e. The van der Waals surface area contributed by atoms with Crippen LogP contribution in [0.15, 0.2) is 30.3 Å². The van der Waals surface area contributed by atoms with Crippen LogP contribution in [0.1, 0.15) is 48.2 Å². The van der Waals surface area contributed by atoms with Crippen molar-refractivity contribution in [2.45, 2.75) is 39.0 Å². The van der Waals surface area contributed by atoms with Gasteiger partial charge in [0.05, 0.1) is 11.1 Å². The molecule has 142 valence electrons. The van der Waals surface area contributed by atoms with Crippen LogP contribution >= 0.6 is 0 Å². The number of nitrogens with zero attached hydrogens (tertiary/aromatic N) is 2. The van der Waals surface area contributed by atoms with E-state index >= 15 is 0 Å². The van der Waals surface area contributed by atoms with Crippen molar-refractivity contribution in [3.05, 3.63) is 41.6 Å². The molecule has 2 aromatic rings. The summed E-state index contributed by atoms with van der Waals surface area (Å²) in [4.78, 5) is 31.5. The van der Waals surface area contributed by atoms with E-state index in [1.165, 1.54) is 25.7 Å². The third kappa shape index (κ3) is 3.82. The molecule has 2 fully saturated rings. The molecule has 0 unspecified atom stereocenters. The molecular formula is C22H26N2O3. The van der Waals surface area contributed by atoms with Gasteiger partial charge in [0.1, 0.15) is 0 Å². The lowest BCUT2D eigenvalue weighted by Crippen LogP contribution is -2.46. The van der Waals surface area contributed by atoms with E-state index in [9.17, 15) is 9.59 Å². The van der Waals surface area contributed by atoms with Crippen molar-refractivity contribution in [1.82, 2.24) is 9.88 Å². The second-order valence-corrected chi connectivity index (χ2v) is 7.84. The minimum atomic E-state index is -0.461. The Hall–Kier alpha value is -2.43. The Kier molecular flexibility index (Phi) is 5.10. The van der Waals surface area contributed by atoms with E-state index in [0.717, 1.165) is 42.0 Å². The molecule has 5 nitrogen and oxygen atoms in total. The van der Waals surface area contributed by atoms with E-state index in [-0.39, 0.29) is 12.5 Å². The number of benzene rings is 1. The maximum atomic E-state index is 12.6. The largest absolute Gasteiger partial charge is 0.452 e. The van der Waals surface area contributed by atoms with Crippen LogP contribution in [0.5, 0.6) is 0 Å². The number of para-hydroxylation sites is 1. The van der Waals surface area contributed by atoms with E-state index in [1.54, 1.807) is 6.07 Å². The molecule has 2 heterocycles. The Morgan fingerprint density at radius 1 is 1.15 bits per heavy atom. The van der Waals surface area contributed by atoms with E-state index in [4.69, 9.17) is 4.74 Å². The fourth-order valence-electron chi connectivity index (χ4n) is 4.60. The maximum absolute atomic E-state index is 12.6. The highest BCUT2D eigenvalue weighted by Crippen LogP contribution is 2.36. The van der Waals surface area contributed by atoms with Crippen LogP contribution in [0.2, 0.25) is 0 Å². The quantitative estimate of drug-likeness (QED) is 0.777. The highest BCUT2D eigenvalue weighted by molar-refractivity contribution is 6.04. The monoisotopic (exact) mass is 366 g/mol. The van der Waals surface area contributed by atoms with Crippen LogP contribution in [-0.4, -0.2) is 41.5 Å². The van der Waals surface area contributed by atoms with Gasteiger partial charge in [0, 0.05) is 24.2 Å². The predicted molar refractivity (Wildman–Crippen MR) is 103 cm³/mol. The molecule has 0 N–H and O–H groups in total. The molecule has 5 heteroatoms. The van der Waals surface area contributed by atoms with Gasteiger partial charge in [-0.15, -0.1) is 0 Å². The molecule has 1 saturated heterocycles. The van der Waals surface area contributed by atoms with Gasteiger partial charge in [0.25, 0.3) is 5.91 Å². The zero-order chi connectivity index (χ0) is 18.8. The molecule has 0 spiro atoms. The Labute approximate surface area is 159 Å². The molecule has 1 aliphatic carbocycles. The number of rotatable bonds is 3. The summed E-state index contributed by atoms with van der Waals surface area (Å²) in [5, 5.41) is 0.753. The summed E-state index contributed by atoms with van der Waals surface area (Å²) in [6.07, 6.45) is 6.20. The zero-order valence-corrected chi connectivity index (χ0v) is 15.8. The van der Waals surface area contributed by atoms with E-state index in [1.807, 2.05) is 36.1 Å². The van der Waals surface area contributed by atoms with Crippen molar-refractivity contribution in [3.8, 4) is 0 Å². The first kappa shape index (κ1) is 18.0. The summed E-state index contributed by atoms with van der Waals surface area (Å²) < 4.78 is 5.38. The lowest BCUT2D eigenvalue weighted by molar-refractivity contribution is -0.137. The van der Waals surface area contributed by atoms with Crippen LogP contribution in [0.3, 0.4) is 0 Å². The van der Waals surface area contributed by atoms with Crippen molar-refractivity contribution >= 4 is 22.8 Å². The van der Waals surface area contributed by atoms with Crippen molar-refractivity contribution in [1.29, 1.82) is 0 Å². The first-order valence-corrected chi connectivity index (χ1v) is 9.93. The van der Waals surface area contributed by atoms with Gasteiger partial charge in [0.2, 0.25) is 0 Å². The standard InChI is InChI=1S/C22H26N2O3/c1-15-12-19(18-8-4-5-9-20(18)23-15)22(26)27-14-21(25)24-11-10-16-6-2-3-7-17(16)13-24/h4-5,8-9,12,16-17H,2-3,6-7,10-11,13-14H2,1H3/t16-,17-/m1/s1.